The molecule has 0 aromatic carbocycles. The normalized spacial score (nSPS) is 10.0. The first-order valence-electron chi connectivity index (χ1n) is 5.72. The molecule has 2 nitrogen and oxygen atoms in total. The number of aryl methyl sites for hydroxylation is 2. The Balaban J connectivity index is 0.00000225. The van der Waals surface area contributed by atoms with Crippen LogP contribution in [0.4, 0.5) is 0 Å². The average Bonchev–Trinajstić information content (AvgIpc) is 2.19. The Morgan fingerprint density at radius 3 is 2.38 bits per heavy atom. The van der Waals surface area contributed by atoms with E-state index in [2.05, 4.69) is 42.9 Å². The van der Waals surface area contributed by atoms with E-state index < -0.39 is 0 Å². The molecule has 0 amide bonds. The smallest absolute Gasteiger partial charge is 0.351 e. The van der Waals surface area contributed by atoms with Crippen LogP contribution in [0.2, 0.25) is 0 Å². The van der Waals surface area contributed by atoms with Gasteiger partial charge >= 0.3 is 4.77 Å². The number of aromatic nitrogens is 2. The highest BCUT2D eigenvalue weighted by molar-refractivity contribution is 7.71. The SMILES string of the molecule is CCCn1c(C)cc(C)[n+](CCC)c1=S.[Cl-]. The molecule has 1 aromatic heterocycles. The first-order chi connectivity index (χ1) is 7.11. The minimum absolute atomic E-state index is 0. The summed E-state index contributed by atoms with van der Waals surface area (Å²) in [6.45, 7) is 10.7. The molecule has 0 spiro atoms. The molecule has 1 rings (SSSR count). The van der Waals surface area contributed by atoms with Crippen molar-refractivity contribution < 1.29 is 17.0 Å². The number of rotatable bonds is 4. The Labute approximate surface area is 110 Å². The fourth-order valence-electron chi connectivity index (χ4n) is 1.90. The molecule has 92 valence electrons. The molecule has 0 N–H and O–H groups in total. The highest BCUT2D eigenvalue weighted by atomic mass is 35.5. The molecule has 16 heavy (non-hydrogen) atoms. The van der Waals surface area contributed by atoms with Gasteiger partial charge in [-0.3, -0.25) is 0 Å². The van der Waals surface area contributed by atoms with Crippen molar-refractivity contribution in [3.8, 4) is 0 Å². The van der Waals surface area contributed by atoms with E-state index in [4.69, 9.17) is 12.2 Å². The van der Waals surface area contributed by atoms with Gasteiger partial charge in [-0.15, -0.1) is 0 Å². The van der Waals surface area contributed by atoms with E-state index in [9.17, 15) is 0 Å². The minimum Gasteiger partial charge on any atom is -1.00 e. The van der Waals surface area contributed by atoms with Gasteiger partial charge in [-0.25, -0.2) is 9.13 Å². The number of hydrogen-bond donors (Lipinski definition) is 0. The van der Waals surface area contributed by atoms with Crippen LogP contribution >= 0.6 is 12.2 Å². The van der Waals surface area contributed by atoms with E-state index in [0.29, 0.717) is 0 Å². The van der Waals surface area contributed by atoms with Crippen molar-refractivity contribution in [2.24, 2.45) is 0 Å². The second-order valence-corrected chi connectivity index (χ2v) is 4.38. The second-order valence-electron chi connectivity index (χ2n) is 4.01. The van der Waals surface area contributed by atoms with Crippen LogP contribution in [0.15, 0.2) is 6.07 Å². The fraction of sp³-hybridized carbons (Fsp3) is 0.667. The summed E-state index contributed by atoms with van der Waals surface area (Å²) in [5.41, 5.74) is 2.54. The topological polar surface area (TPSA) is 8.81 Å². The van der Waals surface area contributed by atoms with Gasteiger partial charge < -0.3 is 12.4 Å². The average molecular weight is 261 g/mol. The summed E-state index contributed by atoms with van der Waals surface area (Å²) in [7, 11) is 0. The molecule has 0 atom stereocenters. The molecule has 1 heterocycles. The van der Waals surface area contributed by atoms with E-state index in [0.717, 1.165) is 30.7 Å². The monoisotopic (exact) mass is 260 g/mol. The lowest BCUT2D eigenvalue weighted by atomic mass is 10.3. The van der Waals surface area contributed by atoms with Gasteiger partial charge in [0.05, 0.1) is 13.1 Å². The van der Waals surface area contributed by atoms with E-state index >= 15 is 0 Å². The summed E-state index contributed by atoms with van der Waals surface area (Å²) in [4.78, 5) is 0. The third-order valence-electron chi connectivity index (χ3n) is 2.63. The van der Waals surface area contributed by atoms with Crippen molar-refractivity contribution in [1.82, 2.24) is 4.57 Å². The first kappa shape index (κ1) is 15.6. The van der Waals surface area contributed by atoms with Crippen LogP contribution in [-0.2, 0) is 13.1 Å². The van der Waals surface area contributed by atoms with Gasteiger partial charge in [0.1, 0.15) is 11.4 Å². The number of nitrogens with zero attached hydrogens (tertiary/aromatic N) is 2. The van der Waals surface area contributed by atoms with Gasteiger partial charge in [0, 0.05) is 18.3 Å². The zero-order valence-corrected chi connectivity index (χ0v) is 12.2. The van der Waals surface area contributed by atoms with Gasteiger partial charge in [0.15, 0.2) is 0 Å². The summed E-state index contributed by atoms with van der Waals surface area (Å²) >= 11 is 5.52. The lowest BCUT2D eigenvalue weighted by molar-refractivity contribution is -0.713. The van der Waals surface area contributed by atoms with Crippen LogP contribution in [0.1, 0.15) is 38.1 Å². The van der Waals surface area contributed by atoms with Gasteiger partial charge in [0.25, 0.3) is 0 Å². The molecule has 0 aliphatic rings. The van der Waals surface area contributed by atoms with Crippen LogP contribution in [-0.4, -0.2) is 4.57 Å². The maximum Gasteiger partial charge on any atom is 0.351 e. The van der Waals surface area contributed by atoms with Crippen molar-refractivity contribution in [1.29, 1.82) is 0 Å². The van der Waals surface area contributed by atoms with Crippen molar-refractivity contribution in [2.75, 3.05) is 0 Å². The Hall–Kier alpha value is -0.410. The van der Waals surface area contributed by atoms with Crippen molar-refractivity contribution in [3.63, 3.8) is 0 Å². The van der Waals surface area contributed by atoms with E-state index in [1.165, 1.54) is 11.4 Å². The van der Waals surface area contributed by atoms with Crippen molar-refractivity contribution in [2.45, 2.75) is 53.6 Å². The molecule has 4 heteroatoms. The largest absolute Gasteiger partial charge is 1.00 e. The summed E-state index contributed by atoms with van der Waals surface area (Å²) in [5, 5.41) is 0. The fourth-order valence-corrected chi connectivity index (χ4v) is 2.37. The van der Waals surface area contributed by atoms with Gasteiger partial charge in [-0.2, -0.15) is 0 Å². The Morgan fingerprint density at radius 2 is 1.88 bits per heavy atom. The zero-order chi connectivity index (χ0) is 11.4. The van der Waals surface area contributed by atoms with Crippen molar-refractivity contribution >= 4 is 12.2 Å². The van der Waals surface area contributed by atoms with Crippen LogP contribution in [0.5, 0.6) is 0 Å². The Bertz CT molecular complexity index is 365. The molecule has 0 unspecified atom stereocenters. The molecule has 0 saturated carbocycles. The Kier molecular flexibility index (Phi) is 6.84. The van der Waals surface area contributed by atoms with Crippen molar-refractivity contribution in [3.05, 3.63) is 22.2 Å². The molecule has 0 aliphatic heterocycles. The maximum atomic E-state index is 5.52. The van der Waals surface area contributed by atoms with Crippen LogP contribution in [0, 0.1) is 18.6 Å². The zero-order valence-electron chi connectivity index (χ0n) is 10.6. The predicted molar refractivity (Wildman–Crippen MR) is 65.5 cm³/mol. The third-order valence-corrected chi connectivity index (χ3v) is 3.07. The minimum atomic E-state index is 0. The molecular formula is C12H21ClN2S. The lowest BCUT2D eigenvalue weighted by Crippen LogP contribution is -3.00. The maximum absolute atomic E-state index is 5.52. The van der Waals surface area contributed by atoms with E-state index in [-0.39, 0.29) is 12.4 Å². The van der Waals surface area contributed by atoms with Crippen LogP contribution in [0.3, 0.4) is 0 Å². The summed E-state index contributed by atoms with van der Waals surface area (Å²) in [6.07, 6.45) is 2.26. The van der Waals surface area contributed by atoms with E-state index in [1.807, 2.05) is 0 Å². The molecule has 0 aliphatic carbocycles. The standard InChI is InChI=1S/C12H21N2S.ClH/c1-5-7-13-10(3)9-11(4)14(8-6-2)12(13)15;/h9H,5-8H2,1-4H3;1H/q+1;/p-1. The third kappa shape index (κ3) is 3.29. The molecule has 0 radical (unpaired) electrons. The molecule has 0 fully saturated rings. The molecule has 1 aromatic rings. The predicted octanol–water partition coefficient (Wildman–Crippen LogP) is -0.0541. The highest BCUT2D eigenvalue weighted by Crippen LogP contribution is 2.03. The number of hydrogen-bond acceptors (Lipinski definition) is 1. The summed E-state index contributed by atoms with van der Waals surface area (Å²) in [6, 6.07) is 2.22. The van der Waals surface area contributed by atoms with Crippen LogP contribution in [0.25, 0.3) is 0 Å². The van der Waals surface area contributed by atoms with Crippen LogP contribution < -0.4 is 17.0 Å². The quantitative estimate of drug-likeness (QED) is 0.545. The molecule has 0 bridgehead atoms. The molecule has 0 saturated heterocycles. The molecular weight excluding hydrogens is 240 g/mol. The highest BCUT2D eigenvalue weighted by Gasteiger charge is 2.12. The van der Waals surface area contributed by atoms with Gasteiger partial charge in [0.2, 0.25) is 0 Å². The lowest BCUT2D eigenvalue weighted by Gasteiger charge is -2.09. The van der Waals surface area contributed by atoms with Gasteiger partial charge in [-0.1, -0.05) is 13.8 Å². The van der Waals surface area contributed by atoms with Gasteiger partial charge in [-0.05, 0) is 26.7 Å². The van der Waals surface area contributed by atoms with E-state index in [1.54, 1.807) is 0 Å². The Morgan fingerprint density at radius 1 is 1.25 bits per heavy atom. The summed E-state index contributed by atoms with van der Waals surface area (Å²) in [5.74, 6) is 0. The second kappa shape index (κ2) is 7.02. The summed E-state index contributed by atoms with van der Waals surface area (Å²) < 4.78 is 5.44. The number of halogens is 1. The first-order valence-corrected chi connectivity index (χ1v) is 6.13.